The van der Waals surface area contributed by atoms with Gasteiger partial charge in [0.25, 0.3) is 0 Å². The molecule has 2 N–H and O–H groups in total. The minimum atomic E-state index is -0.413. The number of imide groups is 1. The second-order valence-electron chi connectivity index (χ2n) is 5.88. The number of fused-ring (bicyclic) bond motifs is 5. The zero-order valence-corrected chi connectivity index (χ0v) is 11.1. The molecule has 3 rings (SSSR count). The third kappa shape index (κ3) is 2.01. The fraction of sp³-hybridized carbons (Fsp3) is 0.714. The Hall–Kier alpha value is -1.20. The monoisotopic (exact) mass is 264 g/mol. The summed E-state index contributed by atoms with van der Waals surface area (Å²) in [7, 11) is 0. The molecule has 5 atom stereocenters. The lowest BCUT2D eigenvalue weighted by Gasteiger charge is -2.17. The Morgan fingerprint density at radius 1 is 1.32 bits per heavy atom. The van der Waals surface area contributed by atoms with Crippen LogP contribution in [0, 0.1) is 23.7 Å². The van der Waals surface area contributed by atoms with Gasteiger partial charge in [-0.15, -0.1) is 0 Å². The first-order valence-electron chi connectivity index (χ1n) is 7.02. The van der Waals surface area contributed by atoms with Crippen molar-refractivity contribution in [2.24, 2.45) is 23.7 Å². The van der Waals surface area contributed by atoms with E-state index in [1.807, 2.05) is 0 Å². The van der Waals surface area contributed by atoms with Crippen LogP contribution in [0.5, 0.6) is 0 Å². The number of nitrogens with zero attached hydrogens (tertiary/aromatic N) is 1. The van der Waals surface area contributed by atoms with E-state index in [4.69, 9.17) is 5.11 Å². The van der Waals surface area contributed by atoms with E-state index in [9.17, 15) is 9.59 Å². The number of likely N-dealkylation sites (tertiary alicyclic amines) is 1. The van der Waals surface area contributed by atoms with Gasteiger partial charge in [0.2, 0.25) is 11.8 Å². The van der Waals surface area contributed by atoms with Crippen LogP contribution in [0.25, 0.3) is 0 Å². The Labute approximate surface area is 112 Å². The third-order valence-corrected chi connectivity index (χ3v) is 4.51. The topological polar surface area (TPSA) is 69.6 Å². The summed E-state index contributed by atoms with van der Waals surface area (Å²) in [6, 6.07) is 0. The first-order chi connectivity index (χ1) is 9.09. The van der Waals surface area contributed by atoms with Crippen LogP contribution in [0.4, 0.5) is 0 Å². The zero-order valence-electron chi connectivity index (χ0n) is 11.1. The molecule has 0 spiro atoms. The summed E-state index contributed by atoms with van der Waals surface area (Å²) in [5.41, 5.74) is 0. The van der Waals surface area contributed by atoms with E-state index in [1.54, 1.807) is 6.92 Å². The predicted octanol–water partition coefficient (Wildman–Crippen LogP) is -0.236. The van der Waals surface area contributed by atoms with Crippen LogP contribution in [-0.2, 0) is 9.59 Å². The number of rotatable bonds is 5. The summed E-state index contributed by atoms with van der Waals surface area (Å²) >= 11 is 0. The lowest BCUT2D eigenvalue weighted by molar-refractivity contribution is -0.140. The van der Waals surface area contributed by atoms with Crippen LogP contribution in [0.3, 0.4) is 0 Å². The normalized spacial score (nSPS) is 37.3. The van der Waals surface area contributed by atoms with Gasteiger partial charge >= 0.3 is 0 Å². The molecule has 5 nitrogen and oxygen atoms in total. The summed E-state index contributed by atoms with van der Waals surface area (Å²) in [5, 5.41) is 12.2. The van der Waals surface area contributed by atoms with Crippen LogP contribution >= 0.6 is 0 Å². The maximum atomic E-state index is 12.3. The van der Waals surface area contributed by atoms with Crippen LogP contribution in [-0.4, -0.2) is 47.6 Å². The van der Waals surface area contributed by atoms with E-state index in [0.717, 1.165) is 6.42 Å². The molecule has 2 fully saturated rings. The van der Waals surface area contributed by atoms with Crippen molar-refractivity contribution in [1.29, 1.82) is 0 Å². The second-order valence-corrected chi connectivity index (χ2v) is 5.88. The third-order valence-electron chi connectivity index (χ3n) is 4.51. The zero-order chi connectivity index (χ0) is 13.6. The minimum absolute atomic E-state index is 0.00527. The Kier molecular flexibility index (Phi) is 3.19. The SMILES string of the molecule is CC(O)CNCCN1C(=O)C2C3C=CC(C3)C2C1=O. The molecule has 1 heterocycles. The van der Waals surface area contributed by atoms with Crippen molar-refractivity contribution in [2.75, 3.05) is 19.6 Å². The smallest absolute Gasteiger partial charge is 0.233 e. The van der Waals surface area contributed by atoms with Gasteiger partial charge in [0.1, 0.15) is 0 Å². The van der Waals surface area contributed by atoms with Crippen molar-refractivity contribution in [3.8, 4) is 0 Å². The van der Waals surface area contributed by atoms with Crippen molar-refractivity contribution in [2.45, 2.75) is 19.4 Å². The van der Waals surface area contributed by atoms with Crippen LogP contribution in [0.15, 0.2) is 12.2 Å². The first kappa shape index (κ1) is 12.8. The highest BCUT2D eigenvalue weighted by molar-refractivity contribution is 6.06. The molecule has 5 heteroatoms. The maximum Gasteiger partial charge on any atom is 0.233 e. The Bertz CT molecular complexity index is 402. The number of hydrogen-bond donors (Lipinski definition) is 2. The molecule has 5 unspecified atom stereocenters. The molecular formula is C14H20N2O3. The number of allylic oxidation sites excluding steroid dienone is 2. The van der Waals surface area contributed by atoms with E-state index in [1.165, 1.54) is 4.90 Å². The summed E-state index contributed by atoms with van der Waals surface area (Å²) < 4.78 is 0. The van der Waals surface area contributed by atoms with E-state index < -0.39 is 6.10 Å². The summed E-state index contributed by atoms with van der Waals surface area (Å²) in [6.07, 6.45) is 4.77. The lowest BCUT2D eigenvalue weighted by Crippen LogP contribution is -2.39. The van der Waals surface area contributed by atoms with Gasteiger partial charge in [0.05, 0.1) is 17.9 Å². The maximum absolute atomic E-state index is 12.3. The van der Waals surface area contributed by atoms with Gasteiger partial charge in [-0.05, 0) is 25.2 Å². The summed E-state index contributed by atoms with van der Waals surface area (Å²) in [4.78, 5) is 26.0. The van der Waals surface area contributed by atoms with Crippen molar-refractivity contribution in [3.63, 3.8) is 0 Å². The molecule has 0 aromatic rings. The summed E-state index contributed by atoms with van der Waals surface area (Å²) in [6.45, 7) is 3.14. The van der Waals surface area contributed by atoms with Crippen molar-refractivity contribution < 1.29 is 14.7 Å². The average Bonchev–Trinajstić information content (AvgIpc) is 3.02. The Morgan fingerprint density at radius 2 is 1.89 bits per heavy atom. The highest BCUT2D eigenvalue weighted by Crippen LogP contribution is 2.52. The van der Waals surface area contributed by atoms with E-state index in [0.29, 0.717) is 19.6 Å². The number of amides is 2. The van der Waals surface area contributed by atoms with Crippen LogP contribution in [0.2, 0.25) is 0 Å². The fourth-order valence-corrected chi connectivity index (χ4v) is 3.69. The molecule has 104 valence electrons. The standard InChI is InChI=1S/C14H20N2O3/c1-8(17)7-15-4-5-16-13(18)11-9-2-3-10(6-9)12(11)14(16)19/h2-3,8-12,15,17H,4-7H2,1H3. The molecule has 2 amide bonds. The molecule has 1 saturated carbocycles. The van der Waals surface area contributed by atoms with Gasteiger partial charge < -0.3 is 10.4 Å². The van der Waals surface area contributed by atoms with Gasteiger partial charge in [-0.3, -0.25) is 14.5 Å². The highest BCUT2D eigenvalue weighted by Gasteiger charge is 2.58. The lowest BCUT2D eigenvalue weighted by atomic mass is 9.85. The highest BCUT2D eigenvalue weighted by atomic mass is 16.3. The number of nitrogens with one attached hydrogen (secondary N) is 1. The largest absolute Gasteiger partial charge is 0.392 e. The molecule has 0 aromatic heterocycles. The Balaban J connectivity index is 1.60. The first-order valence-corrected chi connectivity index (χ1v) is 7.02. The summed E-state index contributed by atoms with van der Waals surface area (Å²) in [5.74, 6) is 0.374. The van der Waals surface area contributed by atoms with E-state index in [-0.39, 0.29) is 35.5 Å². The number of hydrogen-bond acceptors (Lipinski definition) is 4. The molecule has 2 aliphatic carbocycles. The number of carbonyl (C=O) groups is 2. The quantitative estimate of drug-likeness (QED) is 0.409. The van der Waals surface area contributed by atoms with Gasteiger partial charge in [-0.25, -0.2) is 0 Å². The molecule has 19 heavy (non-hydrogen) atoms. The van der Waals surface area contributed by atoms with Crippen molar-refractivity contribution in [3.05, 3.63) is 12.2 Å². The van der Waals surface area contributed by atoms with E-state index in [2.05, 4.69) is 17.5 Å². The Morgan fingerprint density at radius 3 is 2.42 bits per heavy atom. The van der Waals surface area contributed by atoms with Gasteiger partial charge in [0.15, 0.2) is 0 Å². The molecule has 0 radical (unpaired) electrons. The number of carbonyl (C=O) groups excluding carboxylic acids is 2. The average molecular weight is 264 g/mol. The molecule has 3 aliphatic rings. The van der Waals surface area contributed by atoms with E-state index >= 15 is 0 Å². The predicted molar refractivity (Wildman–Crippen MR) is 69.0 cm³/mol. The van der Waals surface area contributed by atoms with Crippen LogP contribution < -0.4 is 5.32 Å². The molecule has 0 aromatic carbocycles. The number of aliphatic hydroxyl groups excluding tert-OH is 1. The molecule has 1 saturated heterocycles. The minimum Gasteiger partial charge on any atom is -0.392 e. The van der Waals surface area contributed by atoms with Crippen molar-refractivity contribution in [1.82, 2.24) is 10.2 Å². The van der Waals surface area contributed by atoms with Gasteiger partial charge in [-0.2, -0.15) is 0 Å². The molecular weight excluding hydrogens is 244 g/mol. The van der Waals surface area contributed by atoms with Crippen molar-refractivity contribution >= 4 is 11.8 Å². The number of aliphatic hydroxyl groups is 1. The second kappa shape index (κ2) is 4.72. The fourth-order valence-electron chi connectivity index (χ4n) is 3.69. The molecule has 1 aliphatic heterocycles. The van der Waals surface area contributed by atoms with Crippen LogP contribution in [0.1, 0.15) is 13.3 Å². The van der Waals surface area contributed by atoms with Gasteiger partial charge in [0, 0.05) is 19.6 Å². The molecule has 2 bridgehead atoms. The van der Waals surface area contributed by atoms with Gasteiger partial charge in [-0.1, -0.05) is 12.2 Å².